The molecule has 3 rings (SSSR count). The Kier molecular flexibility index (Phi) is 4.89. The van der Waals surface area contributed by atoms with Gasteiger partial charge in [0.25, 0.3) is 11.8 Å². The van der Waals surface area contributed by atoms with E-state index in [1.807, 2.05) is 0 Å². The van der Waals surface area contributed by atoms with Crippen LogP contribution in [0.25, 0.3) is 0 Å². The highest BCUT2D eigenvalue weighted by Crippen LogP contribution is 2.21. The summed E-state index contributed by atoms with van der Waals surface area (Å²) >= 11 is 5.74. The summed E-state index contributed by atoms with van der Waals surface area (Å²) in [5.41, 5.74) is -0.271. The molecule has 4 N–H and O–H groups in total. The molecule has 26 heavy (non-hydrogen) atoms. The summed E-state index contributed by atoms with van der Waals surface area (Å²) in [4.78, 5) is 26.8. The quantitative estimate of drug-likeness (QED) is 0.499. The summed E-state index contributed by atoms with van der Waals surface area (Å²) in [7, 11) is 0. The molecule has 2 aromatic heterocycles. The van der Waals surface area contributed by atoms with E-state index in [2.05, 4.69) is 36.0 Å². The lowest BCUT2D eigenvalue weighted by molar-refractivity contribution is 0.0944. The highest BCUT2D eigenvalue weighted by atomic mass is 35.5. The molecule has 0 aliphatic rings. The third kappa shape index (κ3) is 3.83. The van der Waals surface area contributed by atoms with E-state index < -0.39 is 23.4 Å². The Hall–Kier alpha value is -3.34. The van der Waals surface area contributed by atoms with Gasteiger partial charge in [0.1, 0.15) is 18.0 Å². The van der Waals surface area contributed by atoms with Gasteiger partial charge in [0.05, 0.1) is 17.1 Å². The molecule has 2 heterocycles. The molecule has 0 radical (unpaired) electrons. The summed E-state index contributed by atoms with van der Waals surface area (Å²) in [5, 5.41) is 18.1. The van der Waals surface area contributed by atoms with Crippen LogP contribution in [-0.2, 0) is 6.54 Å². The minimum Gasteiger partial charge on any atom is -0.343 e. The molecule has 0 bridgehead atoms. The lowest BCUT2D eigenvalue weighted by Crippen LogP contribution is -2.23. The number of halogens is 3. The SMILES string of the molecule is O=C(NCc1nnc[nH]1)c1cc(NC(=O)c2cc(F)c(F)cc2Cl)[nH]n1. The lowest BCUT2D eigenvalue weighted by atomic mass is 10.2. The predicted octanol–water partition coefficient (Wildman–Crippen LogP) is 1.64. The number of carbonyl (C=O) groups is 2. The Bertz CT molecular complexity index is 958. The number of hydrogen-bond acceptors (Lipinski definition) is 5. The van der Waals surface area contributed by atoms with Gasteiger partial charge in [0.2, 0.25) is 0 Å². The fourth-order valence-corrected chi connectivity index (χ4v) is 2.20. The van der Waals surface area contributed by atoms with Crippen molar-refractivity contribution in [1.29, 1.82) is 0 Å². The van der Waals surface area contributed by atoms with Crippen LogP contribution in [0.4, 0.5) is 14.6 Å². The summed E-state index contributed by atoms with van der Waals surface area (Å²) < 4.78 is 26.3. The molecule has 0 saturated heterocycles. The van der Waals surface area contributed by atoms with Gasteiger partial charge in [-0.1, -0.05) is 11.6 Å². The van der Waals surface area contributed by atoms with Crippen molar-refractivity contribution in [3.05, 3.63) is 58.3 Å². The molecular weight excluding hydrogens is 372 g/mol. The van der Waals surface area contributed by atoms with Gasteiger partial charge in [-0.05, 0) is 12.1 Å². The summed E-state index contributed by atoms with van der Waals surface area (Å²) in [5.74, 6) is -3.18. The van der Waals surface area contributed by atoms with Crippen LogP contribution in [0.3, 0.4) is 0 Å². The number of nitrogens with one attached hydrogen (secondary N) is 4. The van der Waals surface area contributed by atoms with Crippen molar-refractivity contribution < 1.29 is 18.4 Å². The van der Waals surface area contributed by atoms with E-state index in [9.17, 15) is 18.4 Å². The minimum absolute atomic E-state index is 0.00352. The average molecular weight is 382 g/mol. The lowest BCUT2D eigenvalue weighted by Gasteiger charge is -2.05. The van der Waals surface area contributed by atoms with Gasteiger partial charge < -0.3 is 15.6 Å². The Balaban J connectivity index is 1.65. The number of hydrogen-bond donors (Lipinski definition) is 4. The molecule has 0 aliphatic carbocycles. The number of H-pyrrole nitrogens is 2. The molecule has 9 nitrogen and oxygen atoms in total. The molecular formula is C14H10ClF2N7O2. The molecule has 1 aromatic carbocycles. The van der Waals surface area contributed by atoms with Crippen LogP contribution in [0.15, 0.2) is 24.5 Å². The number of nitrogens with zero attached hydrogens (tertiary/aromatic N) is 3. The first-order chi connectivity index (χ1) is 12.4. The van der Waals surface area contributed by atoms with Crippen molar-refractivity contribution in [3.63, 3.8) is 0 Å². The summed E-state index contributed by atoms with van der Waals surface area (Å²) in [6.07, 6.45) is 1.37. The summed E-state index contributed by atoms with van der Waals surface area (Å²) in [6, 6.07) is 2.64. The monoisotopic (exact) mass is 381 g/mol. The molecule has 2 amide bonds. The zero-order valence-electron chi connectivity index (χ0n) is 12.8. The molecule has 3 aromatic rings. The van der Waals surface area contributed by atoms with Crippen LogP contribution in [-0.4, -0.2) is 37.2 Å². The molecule has 0 atom stereocenters. The van der Waals surface area contributed by atoms with Crippen molar-refractivity contribution >= 4 is 29.2 Å². The number of amides is 2. The van der Waals surface area contributed by atoms with E-state index in [4.69, 9.17) is 11.6 Å². The van der Waals surface area contributed by atoms with Crippen molar-refractivity contribution in [2.75, 3.05) is 5.32 Å². The number of benzene rings is 1. The predicted molar refractivity (Wildman–Crippen MR) is 85.5 cm³/mol. The van der Waals surface area contributed by atoms with E-state index in [-0.39, 0.29) is 28.6 Å². The largest absolute Gasteiger partial charge is 0.343 e. The minimum atomic E-state index is -1.21. The Morgan fingerprint density at radius 3 is 2.65 bits per heavy atom. The van der Waals surface area contributed by atoms with Gasteiger partial charge in [0.15, 0.2) is 17.3 Å². The third-order valence-electron chi connectivity index (χ3n) is 3.20. The molecule has 0 unspecified atom stereocenters. The van der Waals surface area contributed by atoms with Crippen LogP contribution < -0.4 is 10.6 Å². The van der Waals surface area contributed by atoms with Gasteiger partial charge in [-0.15, -0.1) is 10.2 Å². The van der Waals surface area contributed by atoms with Gasteiger partial charge in [0, 0.05) is 6.07 Å². The molecule has 0 aliphatic heterocycles. The van der Waals surface area contributed by atoms with E-state index in [1.54, 1.807) is 0 Å². The zero-order valence-corrected chi connectivity index (χ0v) is 13.6. The van der Waals surface area contributed by atoms with Crippen LogP contribution >= 0.6 is 11.6 Å². The first-order valence-corrected chi connectivity index (χ1v) is 7.46. The van der Waals surface area contributed by atoms with Gasteiger partial charge in [-0.25, -0.2) is 8.78 Å². The number of carbonyl (C=O) groups excluding carboxylic acids is 2. The van der Waals surface area contributed by atoms with Gasteiger partial charge in [-0.3, -0.25) is 14.7 Å². The first kappa shape index (κ1) is 17.5. The Labute approximate surface area is 149 Å². The van der Waals surface area contributed by atoms with Crippen LogP contribution in [0.5, 0.6) is 0 Å². The topological polar surface area (TPSA) is 128 Å². The van der Waals surface area contributed by atoms with Crippen molar-refractivity contribution in [1.82, 2.24) is 30.7 Å². The second-order valence-electron chi connectivity index (χ2n) is 4.99. The molecule has 0 fully saturated rings. The Morgan fingerprint density at radius 1 is 1.15 bits per heavy atom. The van der Waals surface area contributed by atoms with Crippen LogP contribution in [0.1, 0.15) is 26.7 Å². The standard InChI is InChI=1S/C14H10ClF2N7O2/c15-7-2-9(17)8(16)1-6(7)13(25)21-11-3-10(22-24-11)14(26)18-4-12-19-5-20-23-12/h1-3,5H,4H2,(H,18,26)(H,19,20,23)(H2,21,22,24,25). The van der Waals surface area contributed by atoms with Gasteiger partial charge in [-0.2, -0.15) is 5.10 Å². The van der Waals surface area contributed by atoms with Crippen molar-refractivity contribution in [2.45, 2.75) is 6.54 Å². The fourth-order valence-electron chi connectivity index (χ4n) is 1.96. The van der Waals surface area contributed by atoms with E-state index in [0.29, 0.717) is 18.0 Å². The Morgan fingerprint density at radius 2 is 1.92 bits per heavy atom. The third-order valence-corrected chi connectivity index (χ3v) is 3.51. The normalized spacial score (nSPS) is 10.6. The summed E-state index contributed by atoms with van der Waals surface area (Å²) in [6.45, 7) is 0.109. The average Bonchev–Trinajstić information content (AvgIpc) is 3.27. The molecule has 12 heteroatoms. The first-order valence-electron chi connectivity index (χ1n) is 7.08. The highest BCUT2D eigenvalue weighted by Gasteiger charge is 2.17. The number of anilines is 1. The smallest absolute Gasteiger partial charge is 0.272 e. The maximum absolute atomic E-state index is 13.3. The maximum atomic E-state index is 13.3. The molecule has 134 valence electrons. The van der Waals surface area contributed by atoms with Crippen LogP contribution in [0.2, 0.25) is 5.02 Å². The highest BCUT2D eigenvalue weighted by molar-refractivity contribution is 6.34. The second kappa shape index (κ2) is 7.27. The fraction of sp³-hybridized carbons (Fsp3) is 0.0714. The molecule has 0 saturated carbocycles. The van der Waals surface area contributed by atoms with Crippen molar-refractivity contribution in [2.24, 2.45) is 0 Å². The number of aromatic amines is 2. The number of rotatable bonds is 5. The van der Waals surface area contributed by atoms with Gasteiger partial charge >= 0.3 is 0 Å². The van der Waals surface area contributed by atoms with Crippen LogP contribution in [0, 0.1) is 11.6 Å². The second-order valence-corrected chi connectivity index (χ2v) is 5.39. The van der Waals surface area contributed by atoms with E-state index in [1.165, 1.54) is 12.4 Å². The molecule has 0 spiro atoms. The number of aromatic nitrogens is 5. The zero-order chi connectivity index (χ0) is 18.7. The van der Waals surface area contributed by atoms with E-state index >= 15 is 0 Å². The maximum Gasteiger partial charge on any atom is 0.272 e. The van der Waals surface area contributed by atoms with E-state index in [0.717, 1.165) is 0 Å². The van der Waals surface area contributed by atoms with Crippen molar-refractivity contribution in [3.8, 4) is 0 Å².